The first-order chi connectivity index (χ1) is 12.2. The molecule has 25 heavy (non-hydrogen) atoms. The first-order valence-electron chi connectivity index (χ1n) is 8.68. The predicted molar refractivity (Wildman–Crippen MR) is 96.9 cm³/mol. The zero-order valence-electron chi connectivity index (χ0n) is 14.2. The molecule has 0 atom stereocenters. The van der Waals surface area contributed by atoms with Gasteiger partial charge in [-0.15, -0.1) is 10.2 Å². The van der Waals surface area contributed by atoms with Crippen molar-refractivity contribution < 1.29 is 8.83 Å². The van der Waals surface area contributed by atoms with Crippen LogP contribution in [0.4, 0.5) is 0 Å². The molecule has 2 aromatic heterocycles. The SMILES string of the molecule is Cc1ccc2c(CSc3nnc(C4CCCCC4)o3)cc(=O)oc2c1. The van der Waals surface area contributed by atoms with E-state index in [9.17, 15) is 4.79 Å². The molecule has 0 aliphatic heterocycles. The summed E-state index contributed by atoms with van der Waals surface area (Å²) in [6, 6.07) is 7.44. The number of nitrogens with zero attached hydrogens (tertiary/aromatic N) is 2. The maximum absolute atomic E-state index is 11.8. The summed E-state index contributed by atoms with van der Waals surface area (Å²) in [6.45, 7) is 1.98. The molecule has 1 aliphatic rings. The molecule has 0 N–H and O–H groups in total. The van der Waals surface area contributed by atoms with Gasteiger partial charge in [-0.3, -0.25) is 0 Å². The van der Waals surface area contributed by atoms with Crippen LogP contribution in [0.2, 0.25) is 0 Å². The van der Waals surface area contributed by atoms with Gasteiger partial charge in [0, 0.05) is 23.1 Å². The summed E-state index contributed by atoms with van der Waals surface area (Å²) in [6.07, 6.45) is 6.04. The number of thioether (sulfide) groups is 1. The second-order valence-electron chi connectivity index (χ2n) is 6.62. The molecule has 0 unspecified atom stereocenters. The third kappa shape index (κ3) is 3.63. The monoisotopic (exact) mass is 356 g/mol. The van der Waals surface area contributed by atoms with Crippen LogP contribution in [0, 0.1) is 6.92 Å². The minimum Gasteiger partial charge on any atom is -0.423 e. The molecule has 0 radical (unpaired) electrons. The van der Waals surface area contributed by atoms with Gasteiger partial charge in [-0.25, -0.2) is 4.79 Å². The minimum absolute atomic E-state index is 0.331. The largest absolute Gasteiger partial charge is 0.423 e. The third-order valence-corrected chi connectivity index (χ3v) is 5.58. The van der Waals surface area contributed by atoms with Crippen molar-refractivity contribution in [1.82, 2.24) is 10.2 Å². The Morgan fingerprint density at radius 3 is 2.80 bits per heavy atom. The zero-order valence-corrected chi connectivity index (χ0v) is 15.0. The van der Waals surface area contributed by atoms with Gasteiger partial charge in [0.2, 0.25) is 5.89 Å². The smallest absolute Gasteiger partial charge is 0.336 e. The average Bonchev–Trinajstić information content (AvgIpc) is 3.09. The number of benzene rings is 1. The van der Waals surface area contributed by atoms with Crippen molar-refractivity contribution in [3.05, 3.63) is 51.7 Å². The van der Waals surface area contributed by atoms with E-state index in [1.807, 2.05) is 25.1 Å². The van der Waals surface area contributed by atoms with Crippen molar-refractivity contribution in [2.45, 2.75) is 55.9 Å². The number of rotatable bonds is 4. The Kier molecular flexibility index (Phi) is 4.61. The van der Waals surface area contributed by atoms with Crippen LogP contribution in [0.25, 0.3) is 11.0 Å². The van der Waals surface area contributed by atoms with Crippen LogP contribution in [-0.4, -0.2) is 10.2 Å². The van der Waals surface area contributed by atoms with E-state index >= 15 is 0 Å². The lowest BCUT2D eigenvalue weighted by Crippen LogP contribution is -2.04. The topological polar surface area (TPSA) is 69.1 Å². The van der Waals surface area contributed by atoms with E-state index in [1.54, 1.807) is 6.07 Å². The van der Waals surface area contributed by atoms with E-state index in [1.165, 1.54) is 31.0 Å². The number of hydrogen-bond donors (Lipinski definition) is 0. The van der Waals surface area contributed by atoms with Crippen LogP contribution in [0.1, 0.15) is 55.0 Å². The van der Waals surface area contributed by atoms with Crippen molar-refractivity contribution in [3.8, 4) is 0 Å². The molecular formula is C19H20N2O3S. The molecule has 130 valence electrons. The van der Waals surface area contributed by atoms with Crippen LogP contribution >= 0.6 is 11.8 Å². The summed E-state index contributed by atoms with van der Waals surface area (Å²) in [5, 5.41) is 9.91. The number of fused-ring (bicyclic) bond motifs is 1. The van der Waals surface area contributed by atoms with Crippen molar-refractivity contribution in [2.24, 2.45) is 0 Å². The molecule has 1 aliphatic carbocycles. The van der Waals surface area contributed by atoms with E-state index in [0.717, 1.165) is 35.2 Å². The molecule has 1 saturated carbocycles. The third-order valence-electron chi connectivity index (χ3n) is 4.71. The van der Waals surface area contributed by atoms with E-state index in [-0.39, 0.29) is 5.63 Å². The van der Waals surface area contributed by atoms with Crippen molar-refractivity contribution in [1.29, 1.82) is 0 Å². The van der Waals surface area contributed by atoms with Gasteiger partial charge >= 0.3 is 5.63 Å². The van der Waals surface area contributed by atoms with E-state index in [2.05, 4.69) is 10.2 Å². The summed E-state index contributed by atoms with van der Waals surface area (Å²) >= 11 is 1.47. The van der Waals surface area contributed by atoms with Crippen LogP contribution in [0.5, 0.6) is 0 Å². The van der Waals surface area contributed by atoms with Gasteiger partial charge in [-0.2, -0.15) is 0 Å². The molecule has 4 rings (SSSR count). The lowest BCUT2D eigenvalue weighted by molar-refractivity contribution is 0.334. The predicted octanol–water partition coefficient (Wildman–Crippen LogP) is 4.82. The van der Waals surface area contributed by atoms with Gasteiger partial charge < -0.3 is 8.83 Å². The molecule has 0 spiro atoms. The Hall–Kier alpha value is -2.08. The van der Waals surface area contributed by atoms with E-state index in [0.29, 0.717) is 22.5 Å². The second kappa shape index (κ2) is 7.04. The molecule has 0 bridgehead atoms. The molecule has 6 heteroatoms. The first kappa shape index (κ1) is 16.4. The molecule has 0 amide bonds. The molecule has 3 aromatic rings. The van der Waals surface area contributed by atoms with Gasteiger partial charge in [0.15, 0.2) is 0 Å². The number of aromatic nitrogens is 2. The highest BCUT2D eigenvalue weighted by molar-refractivity contribution is 7.98. The normalized spacial score (nSPS) is 15.7. The van der Waals surface area contributed by atoms with Gasteiger partial charge in [0.25, 0.3) is 5.22 Å². The van der Waals surface area contributed by atoms with Crippen LogP contribution in [-0.2, 0) is 5.75 Å². The Morgan fingerprint density at radius 1 is 1.12 bits per heavy atom. The van der Waals surface area contributed by atoms with Crippen LogP contribution in [0.3, 0.4) is 0 Å². The summed E-state index contributed by atoms with van der Waals surface area (Å²) in [4.78, 5) is 11.8. The second-order valence-corrected chi connectivity index (χ2v) is 7.55. The Bertz CT molecular complexity index is 941. The highest BCUT2D eigenvalue weighted by Crippen LogP contribution is 2.33. The summed E-state index contributed by atoms with van der Waals surface area (Å²) in [5.74, 6) is 1.76. The Morgan fingerprint density at radius 2 is 1.96 bits per heavy atom. The lowest BCUT2D eigenvalue weighted by atomic mass is 9.89. The van der Waals surface area contributed by atoms with Crippen molar-refractivity contribution in [3.63, 3.8) is 0 Å². The standard InChI is InChI=1S/C19H20N2O3S/c1-12-7-8-15-14(10-17(22)23-16(15)9-12)11-25-19-21-20-18(24-19)13-5-3-2-4-6-13/h7-10,13H,2-6,11H2,1H3. The minimum atomic E-state index is -0.331. The van der Waals surface area contributed by atoms with Gasteiger partial charge in [0.05, 0.1) is 0 Å². The van der Waals surface area contributed by atoms with Crippen molar-refractivity contribution >= 4 is 22.7 Å². The molecular weight excluding hydrogens is 336 g/mol. The van der Waals surface area contributed by atoms with Gasteiger partial charge in [-0.05, 0) is 37.0 Å². The highest BCUT2D eigenvalue weighted by atomic mass is 32.2. The highest BCUT2D eigenvalue weighted by Gasteiger charge is 2.21. The Balaban J connectivity index is 1.52. The zero-order chi connectivity index (χ0) is 17.2. The van der Waals surface area contributed by atoms with E-state index in [4.69, 9.17) is 8.83 Å². The molecule has 1 aromatic carbocycles. The maximum atomic E-state index is 11.8. The lowest BCUT2D eigenvalue weighted by Gasteiger charge is -2.17. The molecule has 0 saturated heterocycles. The fourth-order valence-corrected chi connectivity index (χ4v) is 4.15. The van der Waals surface area contributed by atoms with E-state index < -0.39 is 0 Å². The first-order valence-corrected chi connectivity index (χ1v) is 9.67. The number of aryl methyl sites for hydroxylation is 1. The summed E-state index contributed by atoms with van der Waals surface area (Å²) in [7, 11) is 0. The average molecular weight is 356 g/mol. The molecule has 2 heterocycles. The van der Waals surface area contributed by atoms with Crippen molar-refractivity contribution in [2.75, 3.05) is 0 Å². The van der Waals surface area contributed by atoms with Crippen LogP contribution in [0.15, 0.2) is 43.1 Å². The molecule has 5 nitrogen and oxygen atoms in total. The number of hydrogen-bond acceptors (Lipinski definition) is 6. The van der Waals surface area contributed by atoms with Crippen LogP contribution < -0.4 is 5.63 Å². The summed E-state index contributed by atoms with van der Waals surface area (Å²) in [5.41, 5.74) is 2.28. The van der Waals surface area contributed by atoms with Gasteiger partial charge in [-0.1, -0.05) is 43.2 Å². The maximum Gasteiger partial charge on any atom is 0.336 e. The fourth-order valence-electron chi connectivity index (χ4n) is 3.39. The van der Waals surface area contributed by atoms with Gasteiger partial charge in [0.1, 0.15) is 5.58 Å². The quantitative estimate of drug-likeness (QED) is 0.493. The molecule has 1 fully saturated rings. The Labute approximate surface area is 149 Å². The summed E-state index contributed by atoms with van der Waals surface area (Å²) < 4.78 is 11.1. The fraction of sp³-hybridized carbons (Fsp3) is 0.421.